The molecule has 0 bridgehead atoms. The summed E-state index contributed by atoms with van der Waals surface area (Å²) in [5.74, 6) is 1.17. The monoisotopic (exact) mass is 264 g/mol. The van der Waals surface area contributed by atoms with Gasteiger partial charge in [0.15, 0.2) is 0 Å². The van der Waals surface area contributed by atoms with Crippen molar-refractivity contribution in [2.45, 2.75) is 6.42 Å². The lowest BCUT2D eigenvalue weighted by atomic mass is 10.1. The van der Waals surface area contributed by atoms with Gasteiger partial charge in [-0.3, -0.25) is 4.79 Å². The van der Waals surface area contributed by atoms with Crippen LogP contribution in [0.25, 0.3) is 0 Å². The minimum atomic E-state index is -0.129. The minimum Gasteiger partial charge on any atom is -0.497 e. The molecule has 1 atom stereocenters. The number of ether oxygens (including phenoxy) is 2. The van der Waals surface area contributed by atoms with Gasteiger partial charge in [-0.15, -0.1) is 0 Å². The number of hydrogen-bond acceptors (Lipinski definition) is 4. The van der Waals surface area contributed by atoms with E-state index in [0.29, 0.717) is 12.5 Å². The average Bonchev–Trinajstić information content (AvgIpc) is 2.93. The molecule has 19 heavy (non-hydrogen) atoms. The zero-order valence-corrected chi connectivity index (χ0v) is 11.1. The summed E-state index contributed by atoms with van der Waals surface area (Å²) in [6.45, 7) is 2.78. The Labute approximate surface area is 113 Å². The van der Waals surface area contributed by atoms with Gasteiger partial charge in [0.25, 0.3) is 0 Å². The third kappa shape index (κ3) is 4.54. The van der Waals surface area contributed by atoms with Crippen molar-refractivity contribution in [2.75, 3.05) is 38.7 Å². The average molecular weight is 264 g/mol. The molecule has 0 saturated carbocycles. The number of anilines is 1. The molecule has 1 heterocycles. The summed E-state index contributed by atoms with van der Waals surface area (Å²) in [6.07, 6.45) is 1.13. The second kappa shape index (κ2) is 7.11. The Morgan fingerprint density at radius 1 is 1.42 bits per heavy atom. The van der Waals surface area contributed by atoms with Crippen LogP contribution in [0.1, 0.15) is 6.42 Å². The number of carbonyl (C=O) groups is 1. The van der Waals surface area contributed by atoms with E-state index < -0.39 is 0 Å². The molecule has 0 spiro atoms. The lowest BCUT2D eigenvalue weighted by Crippen LogP contribution is -2.21. The van der Waals surface area contributed by atoms with Gasteiger partial charge >= 0.3 is 0 Å². The van der Waals surface area contributed by atoms with Gasteiger partial charge in [-0.05, 0) is 43.1 Å². The third-order valence-corrected chi connectivity index (χ3v) is 3.12. The Bertz CT molecular complexity index is 400. The van der Waals surface area contributed by atoms with Crippen molar-refractivity contribution >= 4 is 11.6 Å². The van der Waals surface area contributed by atoms with Crippen molar-refractivity contribution in [3.05, 3.63) is 24.3 Å². The summed E-state index contributed by atoms with van der Waals surface area (Å²) in [5.41, 5.74) is 0.747. The highest BCUT2D eigenvalue weighted by atomic mass is 16.5. The van der Waals surface area contributed by atoms with Crippen molar-refractivity contribution < 1.29 is 14.3 Å². The Morgan fingerprint density at radius 3 is 2.84 bits per heavy atom. The van der Waals surface area contributed by atoms with E-state index in [2.05, 4.69) is 10.6 Å². The maximum Gasteiger partial charge on any atom is 0.250 e. The number of benzene rings is 1. The molecule has 104 valence electrons. The molecule has 1 fully saturated rings. The number of nitrogens with one attached hydrogen (secondary N) is 2. The SMILES string of the molecule is COc1ccc(NC(=O)COCC2CCNC2)cc1. The maximum absolute atomic E-state index is 11.7. The van der Waals surface area contributed by atoms with E-state index in [-0.39, 0.29) is 12.5 Å². The highest BCUT2D eigenvalue weighted by molar-refractivity contribution is 5.91. The van der Waals surface area contributed by atoms with Crippen LogP contribution in [0.3, 0.4) is 0 Å². The van der Waals surface area contributed by atoms with Gasteiger partial charge in [-0.1, -0.05) is 0 Å². The van der Waals surface area contributed by atoms with Crippen molar-refractivity contribution in [1.82, 2.24) is 5.32 Å². The minimum absolute atomic E-state index is 0.0997. The fraction of sp³-hybridized carbons (Fsp3) is 0.500. The molecule has 0 aromatic heterocycles. The fourth-order valence-electron chi connectivity index (χ4n) is 2.05. The Balaban J connectivity index is 1.68. The molecule has 1 saturated heterocycles. The van der Waals surface area contributed by atoms with Crippen LogP contribution in [-0.4, -0.2) is 39.3 Å². The molecule has 5 heteroatoms. The van der Waals surface area contributed by atoms with E-state index in [1.54, 1.807) is 31.4 Å². The highest BCUT2D eigenvalue weighted by Gasteiger charge is 2.14. The third-order valence-electron chi connectivity index (χ3n) is 3.12. The second-order valence-corrected chi connectivity index (χ2v) is 4.65. The number of carbonyl (C=O) groups excluding carboxylic acids is 1. The summed E-state index contributed by atoms with van der Waals surface area (Å²) >= 11 is 0. The molecular formula is C14H20N2O3. The largest absolute Gasteiger partial charge is 0.497 e. The summed E-state index contributed by atoms with van der Waals surface area (Å²) in [7, 11) is 1.61. The van der Waals surface area contributed by atoms with Gasteiger partial charge in [0, 0.05) is 12.2 Å². The predicted octanol–water partition coefficient (Wildman–Crippen LogP) is 1.26. The van der Waals surface area contributed by atoms with Gasteiger partial charge < -0.3 is 20.1 Å². The van der Waals surface area contributed by atoms with E-state index in [1.807, 2.05) is 0 Å². The normalized spacial score (nSPS) is 18.3. The molecule has 2 rings (SSSR count). The van der Waals surface area contributed by atoms with E-state index in [9.17, 15) is 4.79 Å². The molecule has 1 aliphatic heterocycles. The summed E-state index contributed by atoms with van der Waals surface area (Å²) < 4.78 is 10.5. The van der Waals surface area contributed by atoms with Crippen molar-refractivity contribution in [1.29, 1.82) is 0 Å². The topological polar surface area (TPSA) is 59.6 Å². The Kier molecular flexibility index (Phi) is 5.18. The van der Waals surface area contributed by atoms with Crippen LogP contribution in [-0.2, 0) is 9.53 Å². The molecule has 1 aromatic carbocycles. The zero-order chi connectivity index (χ0) is 13.5. The predicted molar refractivity (Wildman–Crippen MR) is 73.4 cm³/mol. The lowest BCUT2D eigenvalue weighted by Gasteiger charge is -2.10. The van der Waals surface area contributed by atoms with Gasteiger partial charge in [0.2, 0.25) is 5.91 Å². The maximum atomic E-state index is 11.7. The Hall–Kier alpha value is -1.59. The first-order valence-electron chi connectivity index (χ1n) is 6.50. The standard InChI is InChI=1S/C14H20N2O3/c1-18-13-4-2-12(3-5-13)16-14(17)10-19-9-11-6-7-15-8-11/h2-5,11,15H,6-10H2,1H3,(H,16,17). The first-order valence-corrected chi connectivity index (χ1v) is 6.50. The van der Waals surface area contributed by atoms with Gasteiger partial charge in [0.05, 0.1) is 13.7 Å². The van der Waals surface area contributed by atoms with Crippen LogP contribution in [0.2, 0.25) is 0 Å². The number of hydrogen-bond donors (Lipinski definition) is 2. The van der Waals surface area contributed by atoms with Crippen LogP contribution in [0, 0.1) is 5.92 Å². The van der Waals surface area contributed by atoms with E-state index >= 15 is 0 Å². The molecule has 5 nitrogen and oxygen atoms in total. The highest BCUT2D eigenvalue weighted by Crippen LogP contribution is 2.14. The summed E-state index contributed by atoms with van der Waals surface area (Å²) in [4.78, 5) is 11.7. The molecule has 2 N–H and O–H groups in total. The van der Waals surface area contributed by atoms with Crippen LogP contribution in [0.5, 0.6) is 5.75 Å². The molecule has 1 unspecified atom stereocenters. The van der Waals surface area contributed by atoms with Crippen molar-refractivity contribution in [2.24, 2.45) is 5.92 Å². The molecule has 0 aliphatic carbocycles. The molecule has 1 aromatic rings. The number of methoxy groups -OCH3 is 1. The van der Waals surface area contributed by atoms with Gasteiger partial charge in [-0.25, -0.2) is 0 Å². The number of amides is 1. The Morgan fingerprint density at radius 2 is 2.21 bits per heavy atom. The molecule has 0 radical (unpaired) electrons. The zero-order valence-electron chi connectivity index (χ0n) is 11.1. The second-order valence-electron chi connectivity index (χ2n) is 4.65. The van der Waals surface area contributed by atoms with Crippen LogP contribution >= 0.6 is 0 Å². The molecule has 1 aliphatic rings. The quantitative estimate of drug-likeness (QED) is 0.812. The summed E-state index contributed by atoms with van der Waals surface area (Å²) in [5, 5.41) is 6.05. The van der Waals surface area contributed by atoms with Crippen molar-refractivity contribution in [3.63, 3.8) is 0 Å². The van der Waals surface area contributed by atoms with Crippen molar-refractivity contribution in [3.8, 4) is 5.75 Å². The van der Waals surface area contributed by atoms with E-state index in [0.717, 1.165) is 30.9 Å². The van der Waals surface area contributed by atoms with E-state index in [4.69, 9.17) is 9.47 Å². The molecular weight excluding hydrogens is 244 g/mol. The first-order chi connectivity index (χ1) is 9.28. The van der Waals surface area contributed by atoms with Gasteiger partial charge in [0.1, 0.15) is 12.4 Å². The first kappa shape index (κ1) is 13.8. The van der Waals surface area contributed by atoms with Crippen LogP contribution < -0.4 is 15.4 Å². The van der Waals surface area contributed by atoms with Gasteiger partial charge in [-0.2, -0.15) is 0 Å². The fourth-order valence-corrected chi connectivity index (χ4v) is 2.05. The smallest absolute Gasteiger partial charge is 0.250 e. The summed E-state index contributed by atoms with van der Waals surface area (Å²) in [6, 6.07) is 7.22. The van der Waals surface area contributed by atoms with Crippen LogP contribution in [0.4, 0.5) is 5.69 Å². The van der Waals surface area contributed by atoms with E-state index in [1.165, 1.54) is 0 Å². The lowest BCUT2D eigenvalue weighted by molar-refractivity contribution is -0.121. The van der Waals surface area contributed by atoms with Crippen LogP contribution in [0.15, 0.2) is 24.3 Å². The molecule has 1 amide bonds. The number of rotatable bonds is 6.